The average Bonchev–Trinajstić information content (AvgIpc) is 3.10. The lowest BCUT2D eigenvalue weighted by molar-refractivity contribution is -0.116. The number of alkyl carbamates (subject to hydrolysis) is 1. The average molecular weight is 434 g/mol. The number of hydrogen-bond donors (Lipinski definition) is 2. The molecule has 0 spiro atoms. The van der Waals surface area contributed by atoms with Gasteiger partial charge in [0.2, 0.25) is 0 Å². The van der Waals surface area contributed by atoms with Gasteiger partial charge in [0.05, 0.1) is 0 Å². The van der Waals surface area contributed by atoms with Crippen molar-refractivity contribution < 1.29 is 18.7 Å². The van der Waals surface area contributed by atoms with E-state index in [1.807, 2.05) is 32.0 Å². The number of carbonyl (C=O) groups excluding carboxylic acids is 2. The second kappa shape index (κ2) is 8.78. The summed E-state index contributed by atoms with van der Waals surface area (Å²) >= 11 is 0. The first-order valence-electron chi connectivity index (χ1n) is 10.6. The predicted molar refractivity (Wildman–Crippen MR) is 119 cm³/mol. The molecule has 4 rings (SSSR count). The molecule has 6 nitrogen and oxygen atoms in total. The van der Waals surface area contributed by atoms with Crippen LogP contribution in [0.2, 0.25) is 0 Å². The predicted octanol–water partition coefficient (Wildman–Crippen LogP) is 5.00. The highest BCUT2D eigenvalue weighted by molar-refractivity contribution is 6.07. The van der Waals surface area contributed by atoms with Crippen LogP contribution >= 0.6 is 0 Å². The zero-order chi connectivity index (χ0) is 22.8. The molecule has 0 saturated carbocycles. The molecule has 1 aliphatic rings. The molecule has 1 aromatic heterocycles. The number of aromatic nitrogens is 1. The molecule has 1 atom stereocenters. The van der Waals surface area contributed by atoms with E-state index in [1.54, 1.807) is 30.3 Å². The molecular formula is C25H23FN2O4. The van der Waals surface area contributed by atoms with Gasteiger partial charge in [-0.05, 0) is 41.1 Å². The molecule has 2 N–H and O–H groups in total. The van der Waals surface area contributed by atoms with E-state index in [4.69, 9.17) is 4.74 Å². The monoisotopic (exact) mass is 434 g/mol. The summed E-state index contributed by atoms with van der Waals surface area (Å²) in [6.07, 6.45) is 2.27. The van der Waals surface area contributed by atoms with Gasteiger partial charge in [0, 0.05) is 22.6 Å². The summed E-state index contributed by atoms with van der Waals surface area (Å²) in [6, 6.07) is 13.7. The van der Waals surface area contributed by atoms with Crippen LogP contribution in [0.25, 0.3) is 22.0 Å². The SMILES string of the molecule is CCC(CC)C(/C=C1/OC(=O)NC1=O)c1ccc(-c2ccc3cccc(F)c3c2)[nH]c1=O. The van der Waals surface area contributed by atoms with Crippen molar-refractivity contribution in [2.24, 2.45) is 5.92 Å². The quantitative estimate of drug-likeness (QED) is 0.534. The molecule has 2 aromatic carbocycles. The molecule has 1 unspecified atom stereocenters. The molecule has 1 aliphatic heterocycles. The first-order valence-corrected chi connectivity index (χ1v) is 10.6. The zero-order valence-corrected chi connectivity index (χ0v) is 17.8. The number of cyclic esters (lactones) is 1. The van der Waals surface area contributed by atoms with Crippen LogP contribution in [-0.4, -0.2) is 17.0 Å². The minimum absolute atomic E-state index is 0.0660. The van der Waals surface area contributed by atoms with Crippen LogP contribution in [0.4, 0.5) is 9.18 Å². The molecule has 0 bridgehead atoms. The lowest BCUT2D eigenvalue weighted by Crippen LogP contribution is -2.22. The maximum atomic E-state index is 14.2. The number of allylic oxidation sites excluding steroid dienone is 1. The number of imide groups is 1. The Kier molecular flexibility index (Phi) is 5.90. The Morgan fingerprint density at radius 3 is 2.47 bits per heavy atom. The molecule has 1 saturated heterocycles. The zero-order valence-electron chi connectivity index (χ0n) is 17.8. The Morgan fingerprint density at radius 2 is 1.81 bits per heavy atom. The fourth-order valence-electron chi connectivity index (χ4n) is 4.19. The molecule has 2 heterocycles. The lowest BCUT2D eigenvalue weighted by Gasteiger charge is -2.22. The van der Waals surface area contributed by atoms with Crippen molar-refractivity contribution in [3.05, 3.63) is 82.1 Å². The third-order valence-electron chi connectivity index (χ3n) is 5.97. The van der Waals surface area contributed by atoms with E-state index < -0.39 is 17.9 Å². The number of nitrogens with one attached hydrogen (secondary N) is 2. The first-order chi connectivity index (χ1) is 15.4. The van der Waals surface area contributed by atoms with E-state index >= 15 is 0 Å². The van der Waals surface area contributed by atoms with Crippen LogP contribution in [0.3, 0.4) is 0 Å². The fourth-order valence-corrected chi connectivity index (χ4v) is 4.19. The van der Waals surface area contributed by atoms with Gasteiger partial charge in [0.25, 0.3) is 11.5 Å². The molecule has 1 fully saturated rings. The van der Waals surface area contributed by atoms with Crippen LogP contribution in [-0.2, 0) is 9.53 Å². The maximum absolute atomic E-state index is 14.2. The molecular weight excluding hydrogens is 411 g/mol. The van der Waals surface area contributed by atoms with E-state index in [9.17, 15) is 18.8 Å². The van der Waals surface area contributed by atoms with Crippen molar-refractivity contribution in [3.8, 4) is 11.3 Å². The first kappa shape index (κ1) is 21.5. The molecule has 2 amide bonds. The fraction of sp³-hybridized carbons (Fsp3) is 0.240. The van der Waals surface area contributed by atoms with Gasteiger partial charge < -0.3 is 9.72 Å². The van der Waals surface area contributed by atoms with Gasteiger partial charge in [0.1, 0.15) is 5.82 Å². The number of hydrogen-bond acceptors (Lipinski definition) is 4. The Morgan fingerprint density at radius 1 is 1.03 bits per heavy atom. The summed E-state index contributed by atoms with van der Waals surface area (Å²) in [5.41, 5.74) is 1.41. The van der Waals surface area contributed by atoms with Crippen molar-refractivity contribution in [1.82, 2.24) is 10.3 Å². The van der Waals surface area contributed by atoms with Crippen molar-refractivity contribution in [3.63, 3.8) is 0 Å². The number of carbonyl (C=O) groups is 2. The molecule has 32 heavy (non-hydrogen) atoms. The highest BCUT2D eigenvalue weighted by atomic mass is 19.1. The number of amides is 2. The third-order valence-corrected chi connectivity index (χ3v) is 5.97. The third kappa shape index (κ3) is 4.06. The number of fused-ring (bicyclic) bond motifs is 1. The lowest BCUT2D eigenvalue weighted by atomic mass is 9.82. The topological polar surface area (TPSA) is 88.3 Å². The Balaban J connectivity index is 1.75. The van der Waals surface area contributed by atoms with E-state index in [0.29, 0.717) is 22.2 Å². The number of ether oxygens (including phenoxy) is 1. The van der Waals surface area contributed by atoms with Gasteiger partial charge in [-0.2, -0.15) is 0 Å². The van der Waals surface area contributed by atoms with Crippen molar-refractivity contribution in [1.29, 1.82) is 0 Å². The second-order valence-electron chi connectivity index (χ2n) is 7.81. The Hall–Kier alpha value is -3.74. The summed E-state index contributed by atoms with van der Waals surface area (Å²) < 4.78 is 19.2. The van der Waals surface area contributed by atoms with Crippen LogP contribution in [0.1, 0.15) is 38.2 Å². The minimum Gasteiger partial charge on any atom is -0.404 e. The normalized spacial score (nSPS) is 15.9. The van der Waals surface area contributed by atoms with Gasteiger partial charge in [-0.3, -0.25) is 14.9 Å². The number of halogens is 1. The summed E-state index contributed by atoms with van der Waals surface area (Å²) in [5, 5.41) is 3.33. The van der Waals surface area contributed by atoms with E-state index in [2.05, 4.69) is 10.3 Å². The smallest absolute Gasteiger partial charge is 0.404 e. The van der Waals surface area contributed by atoms with Crippen LogP contribution in [0, 0.1) is 11.7 Å². The molecule has 7 heteroatoms. The highest BCUT2D eigenvalue weighted by Gasteiger charge is 2.30. The number of rotatable bonds is 6. The number of H-pyrrole nitrogens is 1. The minimum atomic E-state index is -0.822. The second-order valence-corrected chi connectivity index (χ2v) is 7.81. The van der Waals surface area contributed by atoms with E-state index in [0.717, 1.165) is 18.2 Å². The molecule has 3 aromatic rings. The van der Waals surface area contributed by atoms with Crippen LogP contribution < -0.4 is 10.9 Å². The van der Waals surface area contributed by atoms with Gasteiger partial charge in [-0.1, -0.05) is 57.0 Å². The summed E-state index contributed by atoms with van der Waals surface area (Å²) in [7, 11) is 0. The van der Waals surface area contributed by atoms with Crippen LogP contribution in [0.15, 0.2) is 65.2 Å². The van der Waals surface area contributed by atoms with Crippen molar-refractivity contribution in [2.45, 2.75) is 32.6 Å². The Labute approximate surface area is 184 Å². The van der Waals surface area contributed by atoms with Gasteiger partial charge in [-0.15, -0.1) is 0 Å². The summed E-state index contributed by atoms with van der Waals surface area (Å²) in [6.45, 7) is 4.01. The highest BCUT2D eigenvalue weighted by Crippen LogP contribution is 2.32. The van der Waals surface area contributed by atoms with E-state index in [1.165, 1.54) is 6.07 Å². The van der Waals surface area contributed by atoms with Crippen LogP contribution in [0.5, 0.6) is 0 Å². The van der Waals surface area contributed by atoms with Crippen molar-refractivity contribution in [2.75, 3.05) is 0 Å². The number of benzene rings is 2. The molecule has 0 aliphatic carbocycles. The summed E-state index contributed by atoms with van der Waals surface area (Å²) in [4.78, 5) is 39.3. The maximum Gasteiger partial charge on any atom is 0.419 e. The van der Waals surface area contributed by atoms with Gasteiger partial charge >= 0.3 is 6.09 Å². The Bertz CT molecular complexity index is 1290. The van der Waals surface area contributed by atoms with Crippen molar-refractivity contribution >= 4 is 22.8 Å². The molecule has 0 radical (unpaired) electrons. The van der Waals surface area contributed by atoms with E-state index in [-0.39, 0.29) is 23.1 Å². The van der Waals surface area contributed by atoms with Gasteiger partial charge in [-0.25, -0.2) is 9.18 Å². The van der Waals surface area contributed by atoms with Gasteiger partial charge in [0.15, 0.2) is 5.76 Å². The molecule has 164 valence electrons. The largest absolute Gasteiger partial charge is 0.419 e. The number of pyridine rings is 1. The standard InChI is InChI=1S/C25H23FN2O4/c1-3-14(4-2)18(13-22-24(30)28-25(31)32-22)17-10-11-21(27-23(17)29)16-9-8-15-6-5-7-20(26)19(15)12-16/h5-14,18H,3-4H2,1-2H3,(H,27,29)(H,28,30,31)/b22-13+. The summed E-state index contributed by atoms with van der Waals surface area (Å²) in [5.74, 6) is -1.38. The number of aromatic amines is 1.